The zero-order valence-corrected chi connectivity index (χ0v) is 10.6. The highest BCUT2D eigenvalue weighted by molar-refractivity contribution is 6.09. The van der Waals surface area contributed by atoms with E-state index in [9.17, 15) is 13.6 Å². The molecule has 19 heavy (non-hydrogen) atoms. The van der Waals surface area contributed by atoms with Gasteiger partial charge in [0.2, 0.25) is 0 Å². The van der Waals surface area contributed by atoms with Crippen LogP contribution in [0.1, 0.15) is 34.8 Å². The first-order chi connectivity index (χ1) is 9.11. The number of halogens is 2. The van der Waals surface area contributed by atoms with Crippen LogP contribution in [0.3, 0.4) is 0 Å². The molecule has 3 heteroatoms. The fourth-order valence-corrected chi connectivity index (χ4v) is 1.96. The Morgan fingerprint density at radius 1 is 1.00 bits per heavy atom. The molecule has 2 aromatic carbocycles. The number of rotatable bonds is 4. The number of benzene rings is 2. The Morgan fingerprint density at radius 2 is 1.74 bits per heavy atom. The molecule has 1 nitrogen and oxygen atoms in total. The number of aryl methyl sites for hydroxylation is 1. The topological polar surface area (TPSA) is 17.1 Å². The van der Waals surface area contributed by atoms with E-state index in [-0.39, 0.29) is 11.3 Å². The third-order valence-electron chi connectivity index (χ3n) is 2.91. The zero-order chi connectivity index (χ0) is 13.8. The SMILES string of the molecule is CCCc1cccc(C(=O)c2ccc(F)c(F)c2)c1. The number of carbonyl (C=O) groups is 1. The fourth-order valence-electron chi connectivity index (χ4n) is 1.96. The summed E-state index contributed by atoms with van der Waals surface area (Å²) >= 11 is 0. The lowest BCUT2D eigenvalue weighted by molar-refractivity contribution is 0.103. The molecule has 0 amide bonds. The molecule has 0 atom stereocenters. The molecule has 0 heterocycles. The molecule has 0 saturated heterocycles. The molecule has 0 aliphatic carbocycles. The molecular weight excluding hydrogens is 246 g/mol. The Bertz CT molecular complexity index is 605. The molecule has 0 saturated carbocycles. The molecule has 0 spiro atoms. The Labute approximate surface area is 110 Å². The minimum absolute atomic E-state index is 0.160. The molecule has 0 aliphatic rings. The molecule has 0 radical (unpaired) electrons. The van der Waals surface area contributed by atoms with E-state index in [0.717, 1.165) is 30.5 Å². The van der Waals surface area contributed by atoms with Crippen LogP contribution in [0.25, 0.3) is 0 Å². The van der Waals surface area contributed by atoms with Crippen molar-refractivity contribution in [2.24, 2.45) is 0 Å². The summed E-state index contributed by atoms with van der Waals surface area (Å²) in [6, 6.07) is 10.4. The summed E-state index contributed by atoms with van der Waals surface area (Å²) in [6.45, 7) is 2.06. The summed E-state index contributed by atoms with van der Waals surface area (Å²) in [5.74, 6) is -2.25. The van der Waals surface area contributed by atoms with Crippen LogP contribution in [-0.2, 0) is 6.42 Å². The number of ketones is 1. The fraction of sp³-hybridized carbons (Fsp3) is 0.188. The summed E-state index contributed by atoms with van der Waals surface area (Å²) in [5.41, 5.74) is 1.72. The quantitative estimate of drug-likeness (QED) is 0.755. The molecule has 0 unspecified atom stereocenters. The molecule has 2 rings (SSSR count). The van der Waals surface area contributed by atoms with Gasteiger partial charge >= 0.3 is 0 Å². The van der Waals surface area contributed by atoms with Crippen molar-refractivity contribution >= 4 is 5.78 Å². The number of hydrogen-bond acceptors (Lipinski definition) is 1. The van der Waals surface area contributed by atoms with Gasteiger partial charge in [0.25, 0.3) is 0 Å². The first-order valence-corrected chi connectivity index (χ1v) is 6.20. The third-order valence-corrected chi connectivity index (χ3v) is 2.91. The minimum Gasteiger partial charge on any atom is -0.289 e. The van der Waals surface area contributed by atoms with E-state index in [0.29, 0.717) is 5.56 Å². The van der Waals surface area contributed by atoms with E-state index in [2.05, 4.69) is 6.92 Å². The maximum atomic E-state index is 13.1. The maximum absolute atomic E-state index is 13.1. The van der Waals surface area contributed by atoms with Crippen LogP contribution in [0.5, 0.6) is 0 Å². The van der Waals surface area contributed by atoms with Gasteiger partial charge in [-0.05, 0) is 36.2 Å². The van der Waals surface area contributed by atoms with Gasteiger partial charge in [-0.2, -0.15) is 0 Å². The minimum atomic E-state index is -1.00. The monoisotopic (exact) mass is 260 g/mol. The van der Waals surface area contributed by atoms with Crippen molar-refractivity contribution in [3.05, 3.63) is 70.8 Å². The number of hydrogen-bond donors (Lipinski definition) is 0. The van der Waals surface area contributed by atoms with Crippen LogP contribution in [0.2, 0.25) is 0 Å². The van der Waals surface area contributed by atoms with Crippen molar-refractivity contribution in [3.8, 4) is 0 Å². The summed E-state index contributed by atoms with van der Waals surface area (Å²) in [7, 11) is 0. The van der Waals surface area contributed by atoms with Crippen molar-refractivity contribution < 1.29 is 13.6 Å². The van der Waals surface area contributed by atoms with Gasteiger partial charge in [-0.25, -0.2) is 8.78 Å². The highest BCUT2D eigenvalue weighted by Crippen LogP contribution is 2.15. The standard InChI is InChI=1S/C16H14F2O/c1-2-4-11-5-3-6-12(9-11)16(19)13-7-8-14(17)15(18)10-13/h3,5-10H,2,4H2,1H3. The molecule has 0 aliphatic heterocycles. The third kappa shape index (κ3) is 3.05. The average Bonchev–Trinajstić information content (AvgIpc) is 2.42. The molecule has 0 bridgehead atoms. The van der Waals surface area contributed by atoms with Crippen LogP contribution in [0.15, 0.2) is 42.5 Å². The molecular formula is C16H14F2O. The van der Waals surface area contributed by atoms with Crippen molar-refractivity contribution in [2.45, 2.75) is 19.8 Å². The summed E-state index contributed by atoms with van der Waals surface area (Å²) < 4.78 is 26.0. The van der Waals surface area contributed by atoms with Crippen LogP contribution in [0.4, 0.5) is 8.78 Å². The lowest BCUT2D eigenvalue weighted by atomic mass is 10.00. The van der Waals surface area contributed by atoms with Crippen molar-refractivity contribution in [3.63, 3.8) is 0 Å². The second-order valence-corrected chi connectivity index (χ2v) is 4.41. The normalized spacial score (nSPS) is 10.5. The van der Waals surface area contributed by atoms with E-state index >= 15 is 0 Å². The summed E-state index contributed by atoms with van der Waals surface area (Å²) in [4.78, 5) is 12.2. The average molecular weight is 260 g/mol. The van der Waals surface area contributed by atoms with Gasteiger partial charge in [0.1, 0.15) is 0 Å². The van der Waals surface area contributed by atoms with Gasteiger partial charge in [-0.1, -0.05) is 31.5 Å². The second kappa shape index (κ2) is 5.74. The van der Waals surface area contributed by atoms with Gasteiger partial charge in [-0.15, -0.1) is 0 Å². The van der Waals surface area contributed by atoms with Gasteiger partial charge < -0.3 is 0 Å². The Kier molecular flexibility index (Phi) is 4.05. The Balaban J connectivity index is 2.32. The van der Waals surface area contributed by atoms with E-state index in [1.807, 2.05) is 6.07 Å². The first kappa shape index (κ1) is 13.4. The van der Waals surface area contributed by atoms with Gasteiger partial charge in [0.05, 0.1) is 0 Å². The van der Waals surface area contributed by atoms with Gasteiger partial charge in [0, 0.05) is 11.1 Å². The zero-order valence-electron chi connectivity index (χ0n) is 10.6. The van der Waals surface area contributed by atoms with Crippen LogP contribution >= 0.6 is 0 Å². The molecule has 2 aromatic rings. The van der Waals surface area contributed by atoms with E-state index in [1.54, 1.807) is 18.2 Å². The summed E-state index contributed by atoms with van der Waals surface area (Å²) in [6.07, 6.45) is 1.88. The van der Waals surface area contributed by atoms with E-state index in [4.69, 9.17) is 0 Å². The van der Waals surface area contributed by atoms with Crippen molar-refractivity contribution in [1.82, 2.24) is 0 Å². The highest BCUT2D eigenvalue weighted by atomic mass is 19.2. The molecule has 98 valence electrons. The predicted octanol–water partition coefficient (Wildman–Crippen LogP) is 4.15. The van der Waals surface area contributed by atoms with Crippen molar-refractivity contribution in [2.75, 3.05) is 0 Å². The maximum Gasteiger partial charge on any atom is 0.193 e. The second-order valence-electron chi connectivity index (χ2n) is 4.41. The molecule has 0 aromatic heterocycles. The predicted molar refractivity (Wildman–Crippen MR) is 70.2 cm³/mol. The first-order valence-electron chi connectivity index (χ1n) is 6.20. The smallest absolute Gasteiger partial charge is 0.193 e. The van der Waals surface area contributed by atoms with Crippen LogP contribution < -0.4 is 0 Å². The molecule has 0 fully saturated rings. The summed E-state index contributed by atoms with van der Waals surface area (Å²) in [5, 5.41) is 0. The Hall–Kier alpha value is -2.03. The largest absolute Gasteiger partial charge is 0.289 e. The lowest BCUT2D eigenvalue weighted by Gasteiger charge is -2.04. The van der Waals surface area contributed by atoms with Crippen LogP contribution in [0, 0.1) is 11.6 Å². The number of carbonyl (C=O) groups excluding carboxylic acids is 1. The molecule has 0 N–H and O–H groups in total. The van der Waals surface area contributed by atoms with Gasteiger partial charge in [0.15, 0.2) is 17.4 Å². The van der Waals surface area contributed by atoms with Gasteiger partial charge in [-0.3, -0.25) is 4.79 Å². The van der Waals surface area contributed by atoms with E-state index < -0.39 is 11.6 Å². The van der Waals surface area contributed by atoms with Crippen molar-refractivity contribution in [1.29, 1.82) is 0 Å². The lowest BCUT2D eigenvalue weighted by Crippen LogP contribution is -2.03. The highest BCUT2D eigenvalue weighted by Gasteiger charge is 2.12. The van der Waals surface area contributed by atoms with Crippen LogP contribution in [-0.4, -0.2) is 5.78 Å². The Morgan fingerprint density at radius 3 is 2.42 bits per heavy atom. The van der Waals surface area contributed by atoms with E-state index in [1.165, 1.54) is 6.07 Å².